The Bertz CT molecular complexity index is 287. The van der Waals surface area contributed by atoms with Gasteiger partial charge in [0.15, 0.2) is 0 Å². The fourth-order valence-corrected chi connectivity index (χ4v) is 2.51. The zero-order valence-corrected chi connectivity index (χ0v) is 9.09. The second-order valence-electron chi connectivity index (χ2n) is 4.66. The van der Waals surface area contributed by atoms with E-state index in [0.29, 0.717) is 13.1 Å². The van der Waals surface area contributed by atoms with Crippen LogP contribution in [0, 0.1) is 5.41 Å². The van der Waals surface area contributed by atoms with Crippen LogP contribution in [-0.4, -0.2) is 54.4 Å². The van der Waals surface area contributed by atoms with E-state index < -0.39 is 11.3 Å². The molecule has 3 nitrogen and oxygen atoms in total. The highest BCUT2D eigenvalue weighted by molar-refractivity contribution is 5.74. The molecule has 0 atom stereocenters. The van der Waals surface area contributed by atoms with Crippen molar-refractivity contribution < 1.29 is 13.6 Å². The zero-order valence-electron chi connectivity index (χ0n) is 9.09. The number of alkyl halides is 2. The van der Waals surface area contributed by atoms with Gasteiger partial charge in [-0.3, -0.25) is 9.69 Å². The van der Waals surface area contributed by atoms with Crippen molar-refractivity contribution in [2.45, 2.75) is 19.8 Å². The molecule has 2 aliphatic rings. The van der Waals surface area contributed by atoms with Crippen molar-refractivity contribution in [3.05, 3.63) is 0 Å². The number of carbonyl (C=O) groups is 1. The summed E-state index contributed by atoms with van der Waals surface area (Å²) >= 11 is 0. The molecular weight excluding hydrogens is 202 g/mol. The first kappa shape index (κ1) is 10.8. The summed E-state index contributed by atoms with van der Waals surface area (Å²) < 4.78 is 27.5. The van der Waals surface area contributed by atoms with E-state index in [0.717, 1.165) is 0 Å². The average Bonchev–Trinajstić information content (AvgIpc) is 2.33. The third-order valence-corrected chi connectivity index (χ3v) is 3.60. The predicted molar refractivity (Wildman–Crippen MR) is 51.7 cm³/mol. The molecule has 5 heteroatoms. The lowest BCUT2D eigenvalue weighted by atomic mass is 9.76. The van der Waals surface area contributed by atoms with Gasteiger partial charge in [0.05, 0.1) is 12.0 Å². The zero-order chi connectivity index (χ0) is 11.3. The molecule has 2 heterocycles. The second kappa shape index (κ2) is 3.14. The topological polar surface area (TPSA) is 23.6 Å². The van der Waals surface area contributed by atoms with Gasteiger partial charge in [-0.1, -0.05) is 6.92 Å². The fraction of sp³-hybridized carbons (Fsp3) is 0.900. The maximum Gasteiger partial charge on any atom is 0.270 e. The van der Waals surface area contributed by atoms with E-state index in [1.165, 1.54) is 11.8 Å². The minimum absolute atomic E-state index is 0.105. The van der Waals surface area contributed by atoms with Crippen molar-refractivity contribution in [1.82, 2.24) is 9.80 Å². The summed E-state index contributed by atoms with van der Waals surface area (Å²) in [5.74, 6) is -2.75. The van der Waals surface area contributed by atoms with Crippen LogP contribution in [0.25, 0.3) is 0 Å². The van der Waals surface area contributed by atoms with Crippen molar-refractivity contribution in [3.8, 4) is 0 Å². The Morgan fingerprint density at radius 3 is 2.27 bits per heavy atom. The number of hydrogen-bond acceptors (Lipinski definition) is 2. The summed E-state index contributed by atoms with van der Waals surface area (Å²) in [6.45, 7) is 4.65. The van der Waals surface area contributed by atoms with Gasteiger partial charge in [0.25, 0.3) is 5.92 Å². The Morgan fingerprint density at radius 2 is 1.87 bits per heavy atom. The quantitative estimate of drug-likeness (QED) is 0.650. The van der Waals surface area contributed by atoms with Crippen molar-refractivity contribution >= 4 is 5.91 Å². The number of likely N-dealkylation sites (tertiary alicyclic amines) is 2. The van der Waals surface area contributed by atoms with Gasteiger partial charge in [-0.25, -0.2) is 8.78 Å². The van der Waals surface area contributed by atoms with E-state index in [-0.39, 0.29) is 25.5 Å². The molecule has 0 saturated carbocycles. The lowest BCUT2D eigenvalue weighted by Crippen LogP contribution is -2.65. The first-order valence-corrected chi connectivity index (χ1v) is 5.26. The summed E-state index contributed by atoms with van der Waals surface area (Å²) in [4.78, 5) is 14.3. The second-order valence-corrected chi connectivity index (χ2v) is 4.66. The van der Waals surface area contributed by atoms with Gasteiger partial charge >= 0.3 is 0 Å². The number of amides is 1. The first-order chi connectivity index (χ1) is 6.90. The van der Waals surface area contributed by atoms with E-state index >= 15 is 0 Å². The summed E-state index contributed by atoms with van der Waals surface area (Å²) in [7, 11) is 0. The van der Waals surface area contributed by atoms with Crippen LogP contribution in [0.5, 0.6) is 0 Å². The maximum atomic E-state index is 13.7. The minimum atomic E-state index is -2.64. The number of rotatable bonds is 1. The van der Waals surface area contributed by atoms with Gasteiger partial charge in [-0.15, -0.1) is 0 Å². The lowest BCUT2D eigenvalue weighted by molar-refractivity contribution is -0.171. The van der Waals surface area contributed by atoms with E-state index in [2.05, 4.69) is 0 Å². The normalized spacial score (nSPS) is 28.1. The number of carbonyl (C=O) groups excluding carboxylic acids is 1. The van der Waals surface area contributed by atoms with Gasteiger partial charge < -0.3 is 4.90 Å². The molecular formula is C10H16F2N2O. The third kappa shape index (κ3) is 1.44. The van der Waals surface area contributed by atoms with Gasteiger partial charge in [0, 0.05) is 26.6 Å². The van der Waals surface area contributed by atoms with Crippen LogP contribution in [0.2, 0.25) is 0 Å². The average molecular weight is 218 g/mol. The molecule has 0 aliphatic carbocycles. The molecule has 0 aromatic rings. The lowest BCUT2D eigenvalue weighted by Gasteiger charge is -2.50. The third-order valence-electron chi connectivity index (χ3n) is 3.60. The minimum Gasteiger partial charge on any atom is -0.341 e. The highest BCUT2D eigenvalue weighted by Gasteiger charge is 2.65. The Labute approximate surface area is 88.0 Å². The van der Waals surface area contributed by atoms with E-state index in [9.17, 15) is 13.6 Å². The smallest absolute Gasteiger partial charge is 0.270 e. The van der Waals surface area contributed by atoms with Crippen molar-refractivity contribution in [2.24, 2.45) is 5.41 Å². The van der Waals surface area contributed by atoms with Crippen LogP contribution < -0.4 is 0 Å². The standard InChI is InChI=1S/C10H16F2N2O/c1-3-13-4-9(10(11,12)7-13)5-14(6-9)8(2)15/h3-7H2,1-2H3. The summed E-state index contributed by atoms with van der Waals surface area (Å²) in [6.07, 6.45) is 0. The van der Waals surface area contributed by atoms with Crippen molar-refractivity contribution in [3.63, 3.8) is 0 Å². The Balaban J connectivity index is 2.08. The van der Waals surface area contributed by atoms with Gasteiger partial charge in [0.1, 0.15) is 0 Å². The summed E-state index contributed by atoms with van der Waals surface area (Å²) in [6, 6.07) is 0. The maximum absolute atomic E-state index is 13.7. The first-order valence-electron chi connectivity index (χ1n) is 5.26. The van der Waals surface area contributed by atoms with Crippen LogP contribution in [-0.2, 0) is 4.79 Å². The molecule has 1 amide bonds. The molecule has 0 aromatic carbocycles. The molecule has 2 saturated heterocycles. The molecule has 15 heavy (non-hydrogen) atoms. The monoisotopic (exact) mass is 218 g/mol. The highest BCUT2D eigenvalue weighted by atomic mass is 19.3. The van der Waals surface area contributed by atoms with Crippen LogP contribution in [0.3, 0.4) is 0 Å². The van der Waals surface area contributed by atoms with E-state index in [1.54, 1.807) is 4.90 Å². The highest BCUT2D eigenvalue weighted by Crippen LogP contribution is 2.49. The van der Waals surface area contributed by atoms with E-state index in [4.69, 9.17) is 0 Å². The van der Waals surface area contributed by atoms with Crippen LogP contribution in [0.1, 0.15) is 13.8 Å². The largest absolute Gasteiger partial charge is 0.341 e. The fourth-order valence-electron chi connectivity index (χ4n) is 2.51. The molecule has 86 valence electrons. The molecule has 2 rings (SSSR count). The number of hydrogen-bond donors (Lipinski definition) is 0. The van der Waals surface area contributed by atoms with Crippen LogP contribution in [0.15, 0.2) is 0 Å². The summed E-state index contributed by atoms with van der Waals surface area (Å²) in [5.41, 5.74) is -0.964. The van der Waals surface area contributed by atoms with E-state index in [1.807, 2.05) is 6.92 Å². The molecule has 2 fully saturated rings. The summed E-state index contributed by atoms with van der Waals surface area (Å²) in [5, 5.41) is 0. The molecule has 2 aliphatic heterocycles. The molecule has 1 spiro atoms. The number of nitrogens with zero attached hydrogens (tertiary/aromatic N) is 2. The van der Waals surface area contributed by atoms with Gasteiger partial charge in [0.2, 0.25) is 5.91 Å². The SMILES string of the molecule is CCN1CC(F)(F)C2(C1)CN(C(C)=O)C2. The van der Waals surface area contributed by atoms with Crippen molar-refractivity contribution in [1.29, 1.82) is 0 Å². The van der Waals surface area contributed by atoms with Crippen molar-refractivity contribution in [2.75, 3.05) is 32.7 Å². The van der Waals surface area contributed by atoms with Crippen LogP contribution >= 0.6 is 0 Å². The molecule has 0 unspecified atom stereocenters. The molecule has 0 bridgehead atoms. The Hall–Kier alpha value is -0.710. The van der Waals surface area contributed by atoms with Crippen LogP contribution in [0.4, 0.5) is 8.78 Å². The molecule has 0 radical (unpaired) electrons. The Kier molecular flexibility index (Phi) is 2.26. The van der Waals surface area contributed by atoms with Gasteiger partial charge in [-0.2, -0.15) is 0 Å². The molecule has 0 aromatic heterocycles. The number of halogens is 2. The Morgan fingerprint density at radius 1 is 1.27 bits per heavy atom. The molecule has 0 N–H and O–H groups in total. The predicted octanol–water partition coefficient (Wildman–Crippen LogP) is 0.806. The van der Waals surface area contributed by atoms with Gasteiger partial charge in [-0.05, 0) is 6.54 Å².